The third kappa shape index (κ3) is 5.66. The van der Waals surface area contributed by atoms with Gasteiger partial charge in [0.25, 0.3) is 0 Å². The van der Waals surface area contributed by atoms with Gasteiger partial charge >= 0.3 is 0 Å². The molecule has 0 aliphatic carbocycles. The maximum Gasteiger partial charge on any atom is 0.0693 e. The zero-order valence-electron chi connectivity index (χ0n) is 5.39. The SMILES string of the molecule is CNC/C=C/C(C)O. The van der Waals surface area contributed by atoms with Crippen LogP contribution in [0.1, 0.15) is 6.92 Å². The zero-order valence-corrected chi connectivity index (χ0v) is 5.39. The average molecular weight is 115 g/mol. The molecule has 2 nitrogen and oxygen atoms in total. The van der Waals surface area contributed by atoms with Crippen LogP contribution in [-0.4, -0.2) is 24.8 Å². The first kappa shape index (κ1) is 7.66. The first-order valence-corrected chi connectivity index (χ1v) is 2.76. The maximum atomic E-state index is 8.66. The summed E-state index contributed by atoms with van der Waals surface area (Å²) in [6, 6.07) is 0. The molecule has 0 aromatic rings. The minimum absolute atomic E-state index is 0.316. The lowest BCUT2D eigenvalue weighted by molar-refractivity contribution is 0.244. The first-order valence-electron chi connectivity index (χ1n) is 2.76. The molecule has 0 heterocycles. The van der Waals surface area contributed by atoms with Crippen molar-refractivity contribution in [1.82, 2.24) is 5.32 Å². The van der Waals surface area contributed by atoms with Crippen LogP contribution in [-0.2, 0) is 0 Å². The number of aliphatic hydroxyl groups excluding tert-OH is 1. The Balaban J connectivity index is 3.07. The topological polar surface area (TPSA) is 32.3 Å². The molecule has 0 aliphatic rings. The van der Waals surface area contributed by atoms with Gasteiger partial charge < -0.3 is 10.4 Å². The van der Waals surface area contributed by atoms with E-state index in [1.807, 2.05) is 13.1 Å². The largest absolute Gasteiger partial charge is 0.389 e. The lowest BCUT2D eigenvalue weighted by atomic mass is 10.3. The van der Waals surface area contributed by atoms with E-state index in [0.717, 1.165) is 6.54 Å². The maximum absolute atomic E-state index is 8.66. The normalized spacial score (nSPS) is 14.9. The van der Waals surface area contributed by atoms with Crippen LogP contribution in [0.25, 0.3) is 0 Å². The van der Waals surface area contributed by atoms with Gasteiger partial charge in [0, 0.05) is 6.54 Å². The van der Waals surface area contributed by atoms with Gasteiger partial charge in [-0.2, -0.15) is 0 Å². The zero-order chi connectivity index (χ0) is 6.41. The highest BCUT2D eigenvalue weighted by Crippen LogP contribution is 1.79. The van der Waals surface area contributed by atoms with Gasteiger partial charge in [-0.25, -0.2) is 0 Å². The minimum Gasteiger partial charge on any atom is -0.389 e. The van der Waals surface area contributed by atoms with E-state index in [2.05, 4.69) is 5.32 Å². The van der Waals surface area contributed by atoms with Crippen molar-refractivity contribution in [2.45, 2.75) is 13.0 Å². The second-order valence-electron chi connectivity index (χ2n) is 1.73. The predicted molar refractivity (Wildman–Crippen MR) is 34.7 cm³/mol. The number of likely N-dealkylation sites (N-methyl/N-ethyl adjacent to an activating group) is 1. The number of hydrogen-bond donors (Lipinski definition) is 2. The van der Waals surface area contributed by atoms with Crippen molar-refractivity contribution < 1.29 is 5.11 Å². The van der Waals surface area contributed by atoms with Gasteiger partial charge in [-0.1, -0.05) is 12.2 Å². The van der Waals surface area contributed by atoms with Crippen LogP contribution in [0.15, 0.2) is 12.2 Å². The van der Waals surface area contributed by atoms with Gasteiger partial charge in [0.1, 0.15) is 0 Å². The average Bonchev–Trinajstić information content (AvgIpc) is 1.66. The Hall–Kier alpha value is -0.340. The highest BCUT2D eigenvalue weighted by Gasteiger charge is 1.81. The van der Waals surface area contributed by atoms with Crippen LogP contribution in [0.3, 0.4) is 0 Å². The molecule has 0 radical (unpaired) electrons. The lowest BCUT2D eigenvalue weighted by Crippen LogP contribution is -2.05. The number of hydrogen-bond acceptors (Lipinski definition) is 2. The molecule has 0 saturated carbocycles. The molecule has 0 saturated heterocycles. The van der Waals surface area contributed by atoms with E-state index < -0.39 is 0 Å². The molecule has 0 fully saturated rings. The van der Waals surface area contributed by atoms with Crippen LogP contribution in [0.4, 0.5) is 0 Å². The number of nitrogens with one attached hydrogen (secondary N) is 1. The van der Waals surface area contributed by atoms with Crippen LogP contribution in [0.5, 0.6) is 0 Å². The molecular formula is C6H13NO. The summed E-state index contributed by atoms with van der Waals surface area (Å²) in [5.41, 5.74) is 0. The summed E-state index contributed by atoms with van der Waals surface area (Å²) < 4.78 is 0. The monoisotopic (exact) mass is 115 g/mol. The second kappa shape index (κ2) is 4.81. The van der Waals surface area contributed by atoms with E-state index in [9.17, 15) is 0 Å². The van der Waals surface area contributed by atoms with Crippen molar-refractivity contribution in [1.29, 1.82) is 0 Å². The van der Waals surface area contributed by atoms with E-state index in [-0.39, 0.29) is 6.10 Å². The fraction of sp³-hybridized carbons (Fsp3) is 0.667. The second-order valence-corrected chi connectivity index (χ2v) is 1.73. The fourth-order valence-electron chi connectivity index (χ4n) is 0.383. The van der Waals surface area contributed by atoms with Crippen LogP contribution >= 0.6 is 0 Å². The molecule has 0 aliphatic heterocycles. The minimum atomic E-state index is -0.316. The third-order valence-corrected chi connectivity index (χ3v) is 0.737. The summed E-state index contributed by atoms with van der Waals surface area (Å²) >= 11 is 0. The molecule has 1 atom stereocenters. The van der Waals surface area contributed by atoms with Gasteiger partial charge in [0.15, 0.2) is 0 Å². The van der Waals surface area contributed by atoms with Gasteiger partial charge in [-0.05, 0) is 14.0 Å². The Morgan fingerprint density at radius 2 is 2.38 bits per heavy atom. The molecule has 0 bridgehead atoms. The third-order valence-electron chi connectivity index (χ3n) is 0.737. The smallest absolute Gasteiger partial charge is 0.0693 e. The quantitative estimate of drug-likeness (QED) is 0.513. The van der Waals surface area contributed by atoms with Crippen molar-refractivity contribution in [2.75, 3.05) is 13.6 Å². The molecule has 0 spiro atoms. The Bertz CT molecular complexity index is 68.9. The molecule has 1 unspecified atom stereocenters. The Labute approximate surface area is 50.2 Å². The standard InChI is InChI=1S/C6H13NO/c1-6(8)4-3-5-7-2/h3-4,6-8H,5H2,1-2H3/b4-3+. The Morgan fingerprint density at radius 3 is 2.75 bits per heavy atom. The van der Waals surface area contributed by atoms with Crippen molar-refractivity contribution in [2.24, 2.45) is 0 Å². The first-order chi connectivity index (χ1) is 3.77. The molecule has 48 valence electrons. The van der Waals surface area contributed by atoms with E-state index >= 15 is 0 Å². The van der Waals surface area contributed by atoms with Crippen LogP contribution < -0.4 is 5.32 Å². The lowest BCUT2D eigenvalue weighted by Gasteiger charge is -1.91. The highest BCUT2D eigenvalue weighted by molar-refractivity contribution is 4.87. The molecule has 0 rings (SSSR count). The fourth-order valence-corrected chi connectivity index (χ4v) is 0.383. The molecule has 2 heteroatoms. The van der Waals surface area contributed by atoms with Crippen molar-refractivity contribution in [3.05, 3.63) is 12.2 Å². The summed E-state index contributed by atoms with van der Waals surface area (Å²) in [6.07, 6.45) is 3.32. The number of aliphatic hydroxyl groups is 1. The van der Waals surface area contributed by atoms with Crippen LogP contribution in [0, 0.1) is 0 Å². The molecule has 0 aromatic heterocycles. The summed E-state index contributed by atoms with van der Waals surface area (Å²) in [5.74, 6) is 0. The Kier molecular flexibility index (Phi) is 4.61. The van der Waals surface area contributed by atoms with E-state index in [1.165, 1.54) is 0 Å². The summed E-state index contributed by atoms with van der Waals surface area (Å²) in [6.45, 7) is 2.55. The summed E-state index contributed by atoms with van der Waals surface area (Å²) in [5, 5.41) is 11.6. The Morgan fingerprint density at radius 1 is 1.75 bits per heavy atom. The number of rotatable bonds is 3. The van der Waals surface area contributed by atoms with Gasteiger partial charge in [-0.15, -0.1) is 0 Å². The molecular weight excluding hydrogens is 102 g/mol. The predicted octanol–water partition coefficient (Wildman–Crippen LogP) is 0.143. The van der Waals surface area contributed by atoms with E-state index in [1.54, 1.807) is 13.0 Å². The summed E-state index contributed by atoms with van der Waals surface area (Å²) in [4.78, 5) is 0. The van der Waals surface area contributed by atoms with E-state index in [0.29, 0.717) is 0 Å². The summed E-state index contributed by atoms with van der Waals surface area (Å²) in [7, 11) is 1.87. The van der Waals surface area contributed by atoms with Gasteiger partial charge in [0.05, 0.1) is 6.10 Å². The highest BCUT2D eigenvalue weighted by atomic mass is 16.3. The van der Waals surface area contributed by atoms with Gasteiger partial charge in [0.2, 0.25) is 0 Å². The molecule has 0 amide bonds. The molecule has 0 aromatic carbocycles. The van der Waals surface area contributed by atoms with Crippen molar-refractivity contribution in [3.63, 3.8) is 0 Å². The molecule has 2 N–H and O–H groups in total. The van der Waals surface area contributed by atoms with Crippen molar-refractivity contribution in [3.8, 4) is 0 Å². The van der Waals surface area contributed by atoms with E-state index in [4.69, 9.17) is 5.11 Å². The van der Waals surface area contributed by atoms with Crippen LogP contribution in [0.2, 0.25) is 0 Å². The van der Waals surface area contributed by atoms with Crippen molar-refractivity contribution >= 4 is 0 Å². The molecule has 8 heavy (non-hydrogen) atoms. The van der Waals surface area contributed by atoms with Gasteiger partial charge in [-0.3, -0.25) is 0 Å².